The Morgan fingerprint density at radius 1 is 1.15 bits per heavy atom. The number of hydrogen-bond donors (Lipinski definition) is 0. The number of benzene rings is 2. The molecule has 0 aliphatic rings. The van der Waals surface area contributed by atoms with Crippen LogP contribution in [0.1, 0.15) is 11.4 Å². The Kier molecular flexibility index (Phi) is 3.18. The monoisotopic (exact) mass is 292 g/mol. The molecule has 0 radical (unpaired) electrons. The number of para-hydroxylation sites is 1. The average Bonchev–Trinajstić information content (AvgIpc) is 2.76. The second-order valence-electron chi connectivity index (χ2n) is 4.56. The van der Waals surface area contributed by atoms with Crippen molar-refractivity contribution in [1.82, 2.24) is 9.55 Å². The van der Waals surface area contributed by atoms with Crippen LogP contribution in [-0.2, 0) is 5.88 Å². The molecule has 20 heavy (non-hydrogen) atoms. The molecule has 0 saturated carbocycles. The average molecular weight is 293 g/mol. The Labute approximate surface area is 119 Å². The Morgan fingerprint density at radius 2 is 1.85 bits per heavy atom. The van der Waals surface area contributed by atoms with Gasteiger partial charge in [-0.25, -0.2) is 13.8 Å². The molecular weight excluding hydrogens is 282 g/mol. The molecule has 0 fully saturated rings. The van der Waals surface area contributed by atoms with Crippen LogP contribution >= 0.6 is 11.6 Å². The van der Waals surface area contributed by atoms with Crippen molar-refractivity contribution >= 4 is 22.6 Å². The first-order chi connectivity index (χ1) is 9.61. The van der Waals surface area contributed by atoms with E-state index in [0.29, 0.717) is 16.9 Å². The Bertz CT molecular complexity index is 776. The van der Waals surface area contributed by atoms with Gasteiger partial charge in [0, 0.05) is 0 Å². The molecule has 1 aromatic heterocycles. The van der Waals surface area contributed by atoms with Gasteiger partial charge < -0.3 is 0 Å². The fourth-order valence-electron chi connectivity index (χ4n) is 2.28. The molecule has 102 valence electrons. The van der Waals surface area contributed by atoms with Gasteiger partial charge in [-0.05, 0) is 36.8 Å². The highest BCUT2D eigenvalue weighted by molar-refractivity contribution is 6.17. The van der Waals surface area contributed by atoms with Crippen LogP contribution in [0.5, 0.6) is 0 Å². The summed E-state index contributed by atoms with van der Waals surface area (Å²) >= 11 is 5.87. The van der Waals surface area contributed by atoms with Gasteiger partial charge in [0.2, 0.25) is 0 Å². The lowest BCUT2D eigenvalue weighted by atomic mass is 10.2. The van der Waals surface area contributed by atoms with Crippen LogP contribution in [0.15, 0.2) is 36.4 Å². The normalized spacial score (nSPS) is 11.2. The number of aryl methyl sites for hydroxylation is 1. The van der Waals surface area contributed by atoms with Crippen molar-refractivity contribution in [1.29, 1.82) is 0 Å². The smallest absolute Gasteiger partial charge is 0.150 e. The molecule has 5 heteroatoms. The van der Waals surface area contributed by atoms with Gasteiger partial charge in [0.15, 0.2) is 0 Å². The summed E-state index contributed by atoms with van der Waals surface area (Å²) in [7, 11) is 0. The number of aromatic nitrogens is 2. The van der Waals surface area contributed by atoms with Crippen molar-refractivity contribution in [2.75, 3.05) is 0 Å². The summed E-state index contributed by atoms with van der Waals surface area (Å²) in [5, 5.41) is 0. The predicted octanol–water partition coefficient (Wildman–Crippen LogP) is 4.35. The minimum Gasteiger partial charge on any atom is -0.290 e. The van der Waals surface area contributed by atoms with E-state index in [2.05, 4.69) is 4.98 Å². The standard InChI is InChI=1S/C15H11ClF2N2/c1-9-5-6-13-12(7-9)19-14(8-16)20(13)15-10(17)3-2-4-11(15)18/h2-7H,8H2,1H3. The minimum absolute atomic E-state index is 0.0709. The number of halogens is 3. The van der Waals surface area contributed by atoms with E-state index in [9.17, 15) is 8.78 Å². The Morgan fingerprint density at radius 3 is 2.50 bits per heavy atom. The van der Waals surface area contributed by atoms with Gasteiger partial charge in [-0.1, -0.05) is 12.1 Å². The fraction of sp³-hybridized carbons (Fsp3) is 0.133. The number of fused-ring (bicyclic) bond motifs is 1. The largest absolute Gasteiger partial charge is 0.290 e. The zero-order valence-electron chi connectivity index (χ0n) is 10.7. The molecule has 0 aliphatic carbocycles. The number of imidazole rings is 1. The molecule has 0 aliphatic heterocycles. The second kappa shape index (κ2) is 4.87. The fourth-order valence-corrected chi connectivity index (χ4v) is 2.46. The maximum absolute atomic E-state index is 14.0. The molecule has 1 heterocycles. The van der Waals surface area contributed by atoms with Crippen LogP contribution in [-0.4, -0.2) is 9.55 Å². The van der Waals surface area contributed by atoms with Crippen LogP contribution in [0.3, 0.4) is 0 Å². The quantitative estimate of drug-likeness (QED) is 0.642. The first-order valence-corrected chi connectivity index (χ1v) is 6.63. The molecule has 0 bridgehead atoms. The molecule has 3 aromatic rings. The van der Waals surface area contributed by atoms with E-state index in [0.717, 1.165) is 5.56 Å². The Hall–Kier alpha value is -1.94. The molecule has 0 N–H and O–H groups in total. The zero-order chi connectivity index (χ0) is 14.3. The lowest BCUT2D eigenvalue weighted by Gasteiger charge is -2.10. The molecule has 0 atom stereocenters. The highest BCUT2D eigenvalue weighted by atomic mass is 35.5. The maximum Gasteiger partial charge on any atom is 0.150 e. The van der Waals surface area contributed by atoms with Crippen molar-refractivity contribution in [3.05, 3.63) is 59.4 Å². The summed E-state index contributed by atoms with van der Waals surface area (Å²) in [6.45, 7) is 1.93. The maximum atomic E-state index is 14.0. The number of rotatable bonds is 2. The lowest BCUT2D eigenvalue weighted by Crippen LogP contribution is -2.05. The topological polar surface area (TPSA) is 17.8 Å². The minimum atomic E-state index is -0.642. The van der Waals surface area contributed by atoms with Crippen LogP contribution in [0, 0.1) is 18.6 Å². The summed E-state index contributed by atoms with van der Waals surface area (Å²) in [6.07, 6.45) is 0. The lowest BCUT2D eigenvalue weighted by molar-refractivity contribution is 0.569. The number of nitrogens with zero attached hydrogens (tertiary/aromatic N) is 2. The van der Waals surface area contributed by atoms with E-state index in [1.54, 1.807) is 6.07 Å². The van der Waals surface area contributed by atoms with Gasteiger partial charge in [-0.15, -0.1) is 11.6 Å². The van der Waals surface area contributed by atoms with Crippen molar-refractivity contribution in [2.24, 2.45) is 0 Å². The first kappa shape index (κ1) is 13.1. The third kappa shape index (κ3) is 1.96. The van der Waals surface area contributed by atoms with E-state index in [1.165, 1.54) is 22.8 Å². The molecule has 2 nitrogen and oxygen atoms in total. The summed E-state index contributed by atoms with van der Waals surface area (Å²) in [5.41, 5.74) is 2.19. The van der Waals surface area contributed by atoms with Crippen LogP contribution in [0.25, 0.3) is 16.7 Å². The van der Waals surface area contributed by atoms with Gasteiger partial charge in [0.25, 0.3) is 0 Å². The summed E-state index contributed by atoms with van der Waals surface area (Å²) in [5.74, 6) is -0.801. The highest BCUT2D eigenvalue weighted by Gasteiger charge is 2.18. The molecule has 0 saturated heterocycles. The van der Waals surface area contributed by atoms with Gasteiger partial charge in [0.1, 0.15) is 23.1 Å². The second-order valence-corrected chi connectivity index (χ2v) is 4.83. The number of hydrogen-bond acceptors (Lipinski definition) is 1. The molecule has 3 rings (SSSR count). The van der Waals surface area contributed by atoms with E-state index in [1.807, 2.05) is 19.1 Å². The first-order valence-electron chi connectivity index (χ1n) is 6.10. The summed E-state index contributed by atoms with van der Waals surface area (Å²) < 4.78 is 29.4. The van der Waals surface area contributed by atoms with E-state index >= 15 is 0 Å². The van der Waals surface area contributed by atoms with E-state index in [4.69, 9.17) is 11.6 Å². The third-order valence-electron chi connectivity index (χ3n) is 3.16. The van der Waals surface area contributed by atoms with Crippen LogP contribution < -0.4 is 0 Å². The number of alkyl halides is 1. The summed E-state index contributed by atoms with van der Waals surface area (Å²) in [4.78, 5) is 4.35. The van der Waals surface area contributed by atoms with Gasteiger partial charge in [-0.2, -0.15) is 0 Å². The molecular formula is C15H11ClF2N2. The van der Waals surface area contributed by atoms with Gasteiger partial charge >= 0.3 is 0 Å². The molecule has 0 spiro atoms. The van der Waals surface area contributed by atoms with Gasteiger partial charge in [-0.3, -0.25) is 4.57 Å². The Balaban J connectivity index is 2.40. The van der Waals surface area contributed by atoms with Crippen LogP contribution in [0.4, 0.5) is 8.78 Å². The summed E-state index contributed by atoms with van der Waals surface area (Å²) in [6, 6.07) is 9.29. The van der Waals surface area contributed by atoms with E-state index < -0.39 is 11.6 Å². The highest BCUT2D eigenvalue weighted by Crippen LogP contribution is 2.27. The van der Waals surface area contributed by atoms with Crippen molar-refractivity contribution in [3.8, 4) is 5.69 Å². The zero-order valence-corrected chi connectivity index (χ0v) is 11.5. The van der Waals surface area contributed by atoms with Crippen molar-refractivity contribution < 1.29 is 8.78 Å². The van der Waals surface area contributed by atoms with E-state index in [-0.39, 0.29) is 11.6 Å². The van der Waals surface area contributed by atoms with Crippen molar-refractivity contribution in [3.63, 3.8) is 0 Å². The van der Waals surface area contributed by atoms with Crippen molar-refractivity contribution in [2.45, 2.75) is 12.8 Å². The third-order valence-corrected chi connectivity index (χ3v) is 3.40. The molecule has 2 aromatic carbocycles. The molecule has 0 unspecified atom stereocenters. The molecule has 0 amide bonds. The SMILES string of the molecule is Cc1ccc2c(c1)nc(CCl)n2-c1c(F)cccc1F. The predicted molar refractivity (Wildman–Crippen MR) is 75.3 cm³/mol. The van der Waals surface area contributed by atoms with Crippen LogP contribution in [0.2, 0.25) is 0 Å². The van der Waals surface area contributed by atoms with Gasteiger partial charge in [0.05, 0.1) is 16.9 Å².